The maximum absolute atomic E-state index is 13.1. The Kier molecular flexibility index (Phi) is 4.31. The first kappa shape index (κ1) is 14.1. The largest absolute Gasteiger partial charge is 0.343 e. The predicted octanol–water partition coefficient (Wildman–Crippen LogP) is 3.84. The molecular weight excluding hydrogens is 331 g/mol. The second-order valence-corrected chi connectivity index (χ2v) is 5.90. The molecule has 0 saturated heterocycles. The summed E-state index contributed by atoms with van der Waals surface area (Å²) in [5.74, 6) is -0.638. The lowest BCUT2D eigenvalue weighted by molar-refractivity contribution is 0.0939. The summed E-state index contributed by atoms with van der Waals surface area (Å²) in [6.45, 7) is 3.78. The number of benzene rings is 1. The van der Waals surface area contributed by atoms with E-state index in [1.54, 1.807) is 0 Å². The van der Waals surface area contributed by atoms with Crippen LogP contribution in [-0.4, -0.2) is 10.9 Å². The van der Waals surface area contributed by atoms with Crippen LogP contribution in [0.15, 0.2) is 28.1 Å². The fourth-order valence-electron chi connectivity index (χ4n) is 1.55. The van der Waals surface area contributed by atoms with E-state index in [2.05, 4.69) is 26.2 Å². The van der Waals surface area contributed by atoms with Gasteiger partial charge in [-0.15, -0.1) is 11.3 Å². The lowest BCUT2D eigenvalue weighted by Gasteiger charge is -2.11. The number of amides is 1. The van der Waals surface area contributed by atoms with Crippen LogP contribution in [0, 0.1) is 12.7 Å². The van der Waals surface area contributed by atoms with E-state index in [0.29, 0.717) is 5.56 Å². The molecule has 0 radical (unpaired) electrons. The van der Waals surface area contributed by atoms with Crippen LogP contribution in [0.3, 0.4) is 0 Å². The molecule has 2 rings (SSSR count). The first-order valence-electron chi connectivity index (χ1n) is 5.65. The number of hydrogen-bond donors (Lipinski definition) is 1. The van der Waals surface area contributed by atoms with Gasteiger partial charge in [-0.2, -0.15) is 0 Å². The summed E-state index contributed by atoms with van der Waals surface area (Å²) in [5.41, 5.74) is 1.35. The molecule has 0 bridgehead atoms. The van der Waals surface area contributed by atoms with Crippen LogP contribution < -0.4 is 5.32 Å². The molecule has 6 heteroatoms. The van der Waals surface area contributed by atoms with Crippen LogP contribution in [-0.2, 0) is 0 Å². The highest BCUT2D eigenvalue weighted by atomic mass is 79.9. The summed E-state index contributed by atoms with van der Waals surface area (Å²) < 4.78 is 13.4. The van der Waals surface area contributed by atoms with E-state index >= 15 is 0 Å². The number of hydrogen-bond acceptors (Lipinski definition) is 3. The molecule has 0 fully saturated rings. The number of halogens is 2. The van der Waals surface area contributed by atoms with Crippen LogP contribution >= 0.6 is 27.3 Å². The second kappa shape index (κ2) is 5.79. The first-order chi connectivity index (χ1) is 8.97. The highest BCUT2D eigenvalue weighted by Gasteiger charge is 2.14. The van der Waals surface area contributed by atoms with Gasteiger partial charge >= 0.3 is 0 Å². The molecule has 0 aliphatic rings. The monoisotopic (exact) mass is 342 g/mol. The molecule has 19 heavy (non-hydrogen) atoms. The number of carbonyl (C=O) groups excluding carboxylic acids is 1. The third kappa shape index (κ3) is 3.39. The number of nitrogens with one attached hydrogen (secondary N) is 1. The van der Waals surface area contributed by atoms with Crippen molar-refractivity contribution in [3.05, 3.63) is 50.1 Å². The third-order valence-corrected chi connectivity index (χ3v) is 4.29. The highest BCUT2D eigenvalue weighted by molar-refractivity contribution is 9.10. The molecule has 0 saturated carbocycles. The van der Waals surface area contributed by atoms with Gasteiger partial charge in [0.15, 0.2) is 0 Å². The van der Waals surface area contributed by atoms with Crippen LogP contribution in [0.2, 0.25) is 0 Å². The van der Waals surface area contributed by atoms with Gasteiger partial charge in [0.05, 0.1) is 10.5 Å². The van der Waals surface area contributed by atoms with Crippen molar-refractivity contribution in [1.29, 1.82) is 0 Å². The van der Waals surface area contributed by atoms with Crippen molar-refractivity contribution in [3.8, 4) is 0 Å². The number of carbonyl (C=O) groups is 1. The molecule has 1 heterocycles. The zero-order valence-electron chi connectivity index (χ0n) is 10.4. The topological polar surface area (TPSA) is 42.0 Å². The molecule has 1 atom stereocenters. The molecule has 0 spiro atoms. The average Bonchev–Trinajstić information content (AvgIpc) is 2.79. The van der Waals surface area contributed by atoms with E-state index in [4.69, 9.17) is 0 Å². The quantitative estimate of drug-likeness (QED) is 0.920. The Hall–Kier alpha value is -1.27. The maximum Gasteiger partial charge on any atom is 0.251 e. The van der Waals surface area contributed by atoms with Crippen molar-refractivity contribution < 1.29 is 9.18 Å². The van der Waals surface area contributed by atoms with E-state index in [1.165, 1.54) is 29.5 Å². The Morgan fingerprint density at radius 2 is 2.26 bits per heavy atom. The summed E-state index contributed by atoms with van der Waals surface area (Å²) in [6.07, 6.45) is 0. The summed E-state index contributed by atoms with van der Waals surface area (Å²) in [5, 5.41) is 5.63. The van der Waals surface area contributed by atoms with Gasteiger partial charge in [-0.1, -0.05) is 0 Å². The number of aromatic nitrogens is 1. The zero-order chi connectivity index (χ0) is 14.0. The van der Waals surface area contributed by atoms with Crippen molar-refractivity contribution in [3.63, 3.8) is 0 Å². The Morgan fingerprint density at radius 1 is 1.53 bits per heavy atom. The van der Waals surface area contributed by atoms with Crippen molar-refractivity contribution in [2.45, 2.75) is 19.9 Å². The van der Waals surface area contributed by atoms with Gasteiger partial charge in [-0.25, -0.2) is 9.37 Å². The van der Waals surface area contributed by atoms with Crippen molar-refractivity contribution in [1.82, 2.24) is 10.3 Å². The van der Waals surface area contributed by atoms with E-state index < -0.39 is 0 Å². The molecule has 1 N–H and O–H groups in total. The van der Waals surface area contributed by atoms with E-state index in [1.807, 2.05) is 19.2 Å². The molecule has 100 valence electrons. The predicted molar refractivity (Wildman–Crippen MR) is 76.8 cm³/mol. The van der Waals surface area contributed by atoms with Crippen molar-refractivity contribution in [2.24, 2.45) is 0 Å². The molecule has 1 aromatic heterocycles. The minimum atomic E-state index is -0.389. The van der Waals surface area contributed by atoms with Crippen LogP contribution in [0.25, 0.3) is 0 Å². The Bertz CT molecular complexity index is 614. The molecule has 0 aliphatic heterocycles. The van der Waals surface area contributed by atoms with Crippen LogP contribution in [0.5, 0.6) is 0 Å². The molecule has 1 amide bonds. The highest BCUT2D eigenvalue weighted by Crippen LogP contribution is 2.20. The first-order valence-corrected chi connectivity index (χ1v) is 7.32. The molecule has 3 nitrogen and oxygen atoms in total. The van der Waals surface area contributed by atoms with E-state index in [-0.39, 0.29) is 22.2 Å². The third-order valence-electron chi connectivity index (χ3n) is 2.54. The number of aryl methyl sites for hydroxylation is 1. The lowest BCUT2D eigenvalue weighted by Crippen LogP contribution is -2.26. The molecule has 1 unspecified atom stereocenters. The lowest BCUT2D eigenvalue weighted by atomic mass is 10.2. The Balaban J connectivity index is 2.10. The van der Waals surface area contributed by atoms with Gasteiger partial charge in [0, 0.05) is 16.6 Å². The van der Waals surface area contributed by atoms with Crippen molar-refractivity contribution >= 4 is 33.2 Å². The minimum Gasteiger partial charge on any atom is -0.343 e. The average molecular weight is 343 g/mol. The fraction of sp³-hybridized carbons (Fsp3) is 0.231. The summed E-state index contributed by atoms with van der Waals surface area (Å²) in [7, 11) is 0. The van der Waals surface area contributed by atoms with Gasteiger partial charge in [0.25, 0.3) is 5.91 Å². The molecule has 0 aliphatic carbocycles. The van der Waals surface area contributed by atoms with Gasteiger partial charge in [0.2, 0.25) is 0 Å². The van der Waals surface area contributed by atoms with Crippen LogP contribution in [0.4, 0.5) is 4.39 Å². The fourth-order valence-corrected chi connectivity index (χ4v) is 2.73. The van der Waals surface area contributed by atoms with Crippen LogP contribution in [0.1, 0.15) is 34.0 Å². The summed E-state index contributed by atoms with van der Waals surface area (Å²) in [6, 6.07) is 4.01. The zero-order valence-corrected chi connectivity index (χ0v) is 12.8. The van der Waals surface area contributed by atoms with Gasteiger partial charge < -0.3 is 5.32 Å². The Morgan fingerprint density at radius 3 is 2.84 bits per heavy atom. The standard InChI is InChI=1S/C13H12BrFN2OS/c1-7-6-19-13(16-7)8(2)17-12(18)9-3-4-11(15)10(14)5-9/h3-6,8H,1-2H3,(H,17,18). The van der Waals surface area contributed by atoms with Crippen molar-refractivity contribution in [2.75, 3.05) is 0 Å². The normalized spacial score (nSPS) is 12.2. The Labute approximate surface area is 123 Å². The SMILES string of the molecule is Cc1csc(C(C)NC(=O)c2ccc(F)c(Br)c2)n1. The minimum absolute atomic E-state index is 0.171. The molecular formula is C13H12BrFN2OS. The number of nitrogens with zero attached hydrogens (tertiary/aromatic N) is 1. The van der Waals surface area contributed by atoms with E-state index in [0.717, 1.165) is 10.7 Å². The van der Waals surface area contributed by atoms with Gasteiger partial charge in [-0.05, 0) is 48.0 Å². The number of thiazole rings is 1. The number of rotatable bonds is 3. The van der Waals surface area contributed by atoms with Gasteiger partial charge in [-0.3, -0.25) is 4.79 Å². The molecule has 1 aromatic carbocycles. The van der Waals surface area contributed by atoms with E-state index in [9.17, 15) is 9.18 Å². The molecule has 2 aromatic rings. The van der Waals surface area contributed by atoms with Gasteiger partial charge in [0.1, 0.15) is 10.8 Å². The smallest absolute Gasteiger partial charge is 0.251 e. The summed E-state index contributed by atoms with van der Waals surface area (Å²) in [4.78, 5) is 16.3. The maximum atomic E-state index is 13.1. The second-order valence-electron chi connectivity index (χ2n) is 4.15. The summed E-state index contributed by atoms with van der Waals surface area (Å²) >= 11 is 4.57.